The van der Waals surface area contributed by atoms with Gasteiger partial charge in [-0.05, 0) is 34.4 Å². The molecule has 0 radical (unpaired) electrons. The monoisotopic (exact) mass is 551 g/mol. The van der Waals surface area contributed by atoms with Crippen LogP contribution in [0.4, 0.5) is 5.69 Å². The predicted molar refractivity (Wildman–Crippen MR) is 148 cm³/mol. The molecule has 0 bridgehead atoms. The first-order valence-corrected chi connectivity index (χ1v) is 13.7. The fraction of sp³-hybridized carbons (Fsp3) is 0.179. The van der Waals surface area contributed by atoms with Crippen molar-refractivity contribution in [3.63, 3.8) is 0 Å². The molecule has 3 aromatic rings. The summed E-state index contributed by atoms with van der Waals surface area (Å²) in [5, 5.41) is 15.6. The molecule has 0 spiro atoms. The molecule has 11 heteroatoms. The number of carbonyl (C=O) groups is 2. The Bertz CT molecular complexity index is 1440. The number of fused-ring (bicyclic) bond motifs is 1. The van der Waals surface area contributed by atoms with Crippen molar-refractivity contribution in [3.8, 4) is 0 Å². The number of ether oxygens (including phenoxy) is 1. The molecule has 0 aliphatic carbocycles. The maximum absolute atomic E-state index is 11.4. The molecule has 39 heavy (non-hydrogen) atoms. The Labute approximate surface area is 226 Å². The molecule has 0 saturated carbocycles. The number of sulfonamides is 1. The molecular formula is C28H29N3O7S. The Morgan fingerprint density at radius 1 is 0.974 bits per heavy atom. The number of rotatable bonds is 7. The molecule has 0 fully saturated rings. The standard InChI is InChI=1S/C24H25N3O3S.C4H4O4/c1-27-16-20-10-6-7-11-22(20)23(19-8-4-3-5-9-19)25-24(27)30-17-18-12-14-21(15-13-18)26-31(2,28)29;5-3(6)1-2-4(7)8/h3-15,23,26H,16-17H2,1-2H3;1-2H,(H,5,6)(H,7,8)/b;2-1+/t23-;/m1./s1. The van der Waals surface area contributed by atoms with E-state index in [0.29, 0.717) is 37.0 Å². The first kappa shape index (κ1) is 28.9. The van der Waals surface area contributed by atoms with Gasteiger partial charge in [-0.15, -0.1) is 0 Å². The number of amidine groups is 1. The number of nitrogens with one attached hydrogen (secondary N) is 1. The molecule has 0 unspecified atom stereocenters. The largest absolute Gasteiger partial charge is 0.478 e. The van der Waals surface area contributed by atoms with Gasteiger partial charge in [0.15, 0.2) is 0 Å². The van der Waals surface area contributed by atoms with Crippen molar-refractivity contribution in [2.75, 3.05) is 18.0 Å². The molecule has 3 N–H and O–H groups in total. The lowest BCUT2D eigenvalue weighted by molar-refractivity contribution is -0.134. The van der Waals surface area contributed by atoms with Gasteiger partial charge in [-0.2, -0.15) is 0 Å². The number of carboxylic acids is 2. The van der Waals surface area contributed by atoms with Crippen molar-refractivity contribution in [3.05, 3.63) is 113 Å². The summed E-state index contributed by atoms with van der Waals surface area (Å²) in [6.45, 7) is 1.04. The van der Waals surface area contributed by atoms with Gasteiger partial charge in [0.2, 0.25) is 10.0 Å². The summed E-state index contributed by atoms with van der Waals surface area (Å²) in [7, 11) is -1.32. The van der Waals surface area contributed by atoms with E-state index in [9.17, 15) is 18.0 Å². The summed E-state index contributed by atoms with van der Waals surface area (Å²) in [5.74, 6) is -2.51. The lowest BCUT2D eigenvalue weighted by atomic mass is 9.95. The van der Waals surface area contributed by atoms with Crippen LogP contribution in [0.25, 0.3) is 0 Å². The summed E-state index contributed by atoms with van der Waals surface area (Å²) in [4.78, 5) is 26.1. The van der Waals surface area contributed by atoms with E-state index >= 15 is 0 Å². The Kier molecular flexibility index (Phi) is 9.82. The van der Waals surface area contributed by atoms with Crippen LogP contribution >= 0.6 is 0 Å². The molecule has 0 aromatic heterocycles. The van der Waals surface area contributed by atoms with Crippen molar-refractivity contribution in [1.29, 1.82) is 0 Å². The topological polar surface area (TPSA) is 146 Å². The smallest absolute Gasteiger partial charge is 0.328 e. The van der Waals surface area contributed by atoms with Crippen molar-refractivity contribution in [1.82, 2.24) is 4.90 Å². The summed E-state index contributed by atoms with van der Waals surface area (Å²) in [6, 6.07) is 26.1. The van der Waals surface area contributed by atoms with Crippen molar-refractivity contribution in [2.45, 2.75) is 19.2 Å². The van der Waals surface area contributed by atoms with E-state index in [2.05, 4.69) is 29.0 Å². The van der Waals surface area contributed by atoms with Gasteiger partial charge in [-0.1, -0.05) is 66.7 Å². The third-order valence-electron chi connectivity index (χ3n) is 5.43. The quantitative estimate of drug-likeness (QED) is 0.375. The van der Waals surface area contributed by atoms with E-state index < -0.39 is 22.0 Å². The molecule has 0 saturated heterocycles. The van der Waals surface area contributed by atoms with Gasteiger partial charge in [0.25, 0.3) is 6.02 Å². The molecule has 1 atom stereocenters. The number of benzene rings is 3. The number of aliphatic imine (C=N–C) groups is 1. The zero-order valence-corrected chi connectivity index (χ0v) is 22.2. The molecule has 1 aliphatic heterocycles. The van der Waals surface area contributed by atoms with Crippen molar-refractivity contribution < 1.29 is 33.0 Å². The molecule has 1 aliphatic rings. The van der Waals surface area contributed by atoms with Gasteiger partial charge in [-0.25, -0.2) is 23.0 Å². The molecule has 1 heterocycles. The summed E-state index contributed by atoms with van der Waals surface area (Å²) >= 11 is 0. The lowest BCUT2D eigenvalue weighted by Crippen LogP contribution is -2.27. The predicted octanol–water partition coefficient (Wildman–Crippen LogP) is 3.88. The maximum atomic E-state index is 11.4. The zero-order chi connectivity index (χ0) is 28.4. The molecular weight excluding hydrogens is 522 g/mol. The number of aliphatic carboxylic acids is 2. The van der Waals surface area contributed by atoms with E-state index in [4.69, 9.17) is 19.9 Å². The summed E-state index contributed by atoms with van der Waals surface area (Å²) in [5.41, 5.74) is 4.96. The van der Waals surface area contributed by atoms with Crippen LogP contribution in [0, 0.1) is 0 Å². The van der Waals surface area contributed by atoms with Crippen molar-refractivity contribution >= 4 is 33.7 Å². The van der Waals surface area contributed by atoms with Crippen LogP contribution in [-0.2, 0) is 37.5 Å². The van der Waals surface area contributed by atoms with Crippen LogP contribution in [0.2, 0.25) is 0 Å². The minimum absolute atomic E-state index is 0.140. The SMILES string of the molecule is CN1Cc2ccccc2[C@@H](c2ccccc2)N=C1OCc1ccc(NS(C)(=O)=O)cc1.O=C(O)/C=C/C(=O)O. The van der Waals surface area contributed by atoms with Gasteiger partial charge in [0.05, 0.1) is 6.26 Å². The zero-order valence-electron chi connectivity index (χ0n) is 21.4. The average molecular weight is 552 g/mol. The van der Waals surface area contributed by atoms with Crippen LogP contribution < -0.4 is 4.72 Å². The minimum Gasteiger partial charge on any atom is -0.478 e. The maximum Gasteiger partial charge on any atom is 0.328 e. The summed E-state index contributed by atoms with van der Waals surface area (Å²) in [6.07, 6.45) is 2.25. The lowest BCUT2D eigenvalue weighted by Gasteiger charge is -2.20. The van der Waals surface area contributed by atoms with Crippen LogP contribution in [0.1, 0.15) is 28.3 Å². The highest BCUT2D eigenvalue weighted by molar-refractivity contribution is 7.92. The molecule has 0 amide bonds. The average Bonchev–Trinajstić information content (AvgIpc) is 3.03. The van der Waals surface area contributed by atoms with E-state index in [1.807, 2.05) is 54.4 Å². The van der Waals surface area contributed by atoms with E-state index in [1.54, 1.807) is 12.1 Å². The van der Waals surface area contributed by atoms with Crippen molar-refractivity contribution in [2.24, 2.45) is 4.99 Å². The number of anilines is 1. The van der Waals surface area contributed by atoms with Gasteiger partial charge in [-0.3, -0.25) is 4.72 Å². The first-order chi connectivity index (χ1) is 18.5. The van der Waals surface area contributed by atoms with Gasteiger partial charge < -0.3 is 19.8 Å². The third kappa shape index (κ3) is 9.31. The Morgan fingerprint density at radius 3 is 2.15 bits per heavy atom. The minimum atomic E-state index is -3.30. The number of nitrogens with zero attached hydrogens (tertiary/aromatic N) is 2. The van der Waals surface area contributed by atoms with E-state index in [-0.39, 0.29) is 6.04 Å². The van der Waals surface area contributed by atoms with Gasteiger partial charge in [0, 0.05) is 31.4 Å². The third-order valence-corrected chi connectivity index (χ3v) is 6.04. The van der Waals surface area contributed by atoms with Crippen LogP contribution in [0.15, 0.2) is 96.0 Å². The second kappa shape index (κ2) is 13.2. The molecule has 204 valence electrons. The second-order valence-corrected chi connectivity index (χ2v) is 10.4. The molecule has 4 rings (SSSR count). The van der Waals surface area contributed by atoms with Crippen LogP contribution in [-0.4, -0.2) is 54.8 Å². The highest BCUT2D eigenvalue weighted by Crippen LogP contribution is 2.32. The van der Waals surface area contributed by atoms with Crippen LogP contribution in [0.5, 0.6) is 0 Å². The van der Waals surface area contributed by atoms with E-state index in [1.165, 1.54) is 11.1 Å². The fourth-order valence-corrected chi connectivity index (χ4v) is 4.32. The summed E-state index contributed by atoms with van der Waals surface area (Å²) < 4.78 is 31.3. The Morgan fingerprint density at radius 2 is 1.56 bits per heavy atom. The van der Waals surface area contributed by atoms with Gasteiger partial charge >= 0.3 is 11.9 Å². The number of hydrogen-bond donors (Lipinski definition) is 3. The highest BCUT2D eigenvalue weighted by Gasteiger charge is 2.24. The van der Waals surface area contributed by atoms with E-state index in [0.717, 1.165) is 17.4 Å². The Hall–Kier alpha value is -4.64. The number of carboxylic acid groups (broad SMARTS) is 2. The highest BCUT2D eigenvalue weighted by atomic mass is 32.2. The second-order valence-electron chi connectivity index (χ2n) is 8.65. The Balaban J connectivity index is 0.000000459. The fourth-order valence-electron chi connectivity index (χ4n) is 3.76. The first-order valence-electron chi connectivity index (χ1n) is 11.8. The van der Waals surface area contributed by atoms with Crippen LogP contribution in [0.3, 0.4) is 0 Å². The number of hydrogen-bond acceptors (Lipinski definition) is 7. The molecule has 3 aromatic carbocycles. The molecule has 10 nitrogen and oxygen atoms in total. The van der Waals surface area contributed by atoms with Gasteiger partial charge in [0.1, 0.15) is 12.6 Å². The normalized spacial score (nSPS) is 14.8.